The van der Waals surface area contributed by atoms with Crippen molar-refractivity contribution in [1.29, 1.82) is 0 Å². The summed E-state index contributed by atoms with van der Waals surface area (Å²) in [6.45, 7) is 0.914. The van der Waals surface area contributed by atoms with Crippen LogP contribution in [0, 0.1) is 0 Å². The zero-order valence-corrected chi connectivity index (χ0v) is 21.1. The van der Waals surface area contributed by atoms with Gasteiger partial charge in [0.2, 0.25) is 5.88 Å². The number of methoxy groups -OCH3 is 2. The van der Waals surface area contributed by atoms with E-state index in [1.807, 2.05) is 30.3 Å². The summed E-state index contributed by atoms with van der Waals surface area (Å²) in [6, 6.07) is 15.1. The predicted octanol–water partition coefficient (Wildman–Crippen LogP) is 3.65. The van der Waals surface area contributed by atoms with Crippen LogP contribution in [0.3, 0.4) is 0 Å². The first kappa shape index (κ1) is 24.8. The van der Waals surface area contributed by atoms with Crippen molar-refractivity contribution in [3.8, 4) is 23.1 Å². The van der Waals surface area contributed by atoms with Gasteiger partial charge in [-0.05, 0) is 43.4 Å². The van der Waals surface area contributed by atoms with Crippen LogP contribution in [0.2, 0.25) is 0 Å². The number of aromatic hydroxyl groups is 1. The average Bonchev–Trinajstić information content (AvgIpc) is 3.38. The van der Waals surface area contributed by atoms with E-state index < -0.39 is 17.3 Å². The number of benzene rings is 2. The molecule has 1 atom stereocenters. The Balaban J connectivity index is 1.56. The number of carbonyl (C=O) groups is 1. The molecule has 2 aromatic carbocycles. The van der Waals surface area contributed by atoms with Crippen molar-refractivity contribution in [2.75, 3.05) is 27.3 Å². The van der Waals surface area contributed by atoms with Crippen LogP contribution in [-0.2, 0) is 11.3 Å². The van der Waals surface area contributed by atoms with Crippen LogP contribution < -0.4 is 15.0 Å². The summed E-state index contributed by atoms with van der Waals surface area (Å²) >= 11 is 0. The largest absolute Gasteiger partial charge is 0.494 e. The lowest BCUT2D eigenvalue weighted by atomic mass is 9.96. The molecular weight excluding hydrogens is 474 g/mol. The zero-order valence-electron chi connectivity index (χ0n) is 21.1. The van der Waals surface area contributed by atoms with Gasteiger partial charge in [0.15, 0.2) is 5.56 Å². The lowest BCUT2D eigenvalue weighted by Crippen LogP contribution is -2.37. The summed E-state index contributed by atoms with van der Waals surface area (Å²) in [7, 11) is 2.98. The van der Waals surface area contributed by atoms with E-state index in [2.05, 4.69) is 4.98 Å². The van der Waals surface area contributed by atoms with Gasteiger partial charge in [-0.3, -0.25) is 14.2 Å². The van der Waals surface area contributed by atoms with Crippen LogP contribution >= 0.6 is 0 Å². The maximum Gasteiger partial charge on any atom is 0.275 e. The monoisotopic (exact) mass is 505 g/mol. The van der Waals surface area contributed by atoms with Gasteiger partial charge in [-0.2, -0.15) is 4.98 Å². The number of carbonyl (C=O) groups excluding carboxylic acids is 1. The molecule has 2 aliphatic rings. The molecule has 1 aliphatic heterocycles. The first-order valence-corrected chi connectivity index (χ1v) is 12.5. The summed E-state index contributed by atoms with van der Waals surface area (Å²) in [5.74, 6) is -0.104. The number of aromatic nitrogens is 2. The minimum absolute atomic E-state index is 0.0110. The third-order valence-corrected chi connectivity index (χ3v) is 7.22. The third-order valence-electron chi connectivity index (χ3n) is 7.22. The Bertz CT molecular complexity index is 1310. The van der Waals surface area contributed by atoms with Crippen LogP contribution in [0.4, 0.5) is 0 Å². The number of ether oxygens (including phenoxy) is 3. The van der Waals surface area contributed by atoms with E-state index in [0.29, 0.717) is 30.3 Å². The molecular formula is C28H31N3O6. The van der Waals surface area contributed by atoms with Crippen LogP contribution in [0.1, 0.15) is 53.3 Å². The fraction of sp³-hybridized carbons (Fsp3) is 0.393. The lowest BCUT2D eigenvalue weighted by Gasteiger charge is -2.26. The summed E-state index contributed by atoms with van der Waals surface area (Å²) in [5, 5.41) is 10.9. The smallest absolute Gasteiger partial charge is 0.275 e. The van der Waals surface area contributed by atoms with Crippen molar-refractivity contribution < 1.29 is 24.1 Å². The van der Waals surface area contributed by atoms with Gasteiger partial charge in [0, 0.05) is 19.0 Å². The molecule has 9 nitrogen and oxygen atoms in total. The molecule has 5 rings (SSSR count). The summed E-state index contributed by atoms with van der Waals surface area (Å²) in [5.41, 5.74) is 0.361. The molecule has 0 radical (unpaired) electrons. The Morgan fingerprint density at radius 2 is 1.73 bits per heavy atom. The Morgan fingerprint density at radius 1 is 1.03 bits per heavy atom. The number of amides is 1. The van der Waals surface area contributed by atoms with E-state index in [1.54, 1.807) is 23.1 Å². The van der Waals surface area contributed by atoms with Crippen molar-refractivity contribution in [1.82, 2.24) is 14.5 Å². The van der Waals surface area contributed by atoms with E-state index in [0.717, 1.165) is 31.2 Å². The summed E-state index contributed by atoms with van der Waals surface area (Å²) in [4.78, 5) is 33.5. The molecule has 1 saturated heterocycles. The highest BCUT2D eigenvalue weighted by Crippen LogP contribution is 2.34. The maximum atomic E-state index is 14.0. The fourth-order valence-electron chi connectivity index (χ4n) is 4.95. The molecule has 1 amide bonds. The van der Waals surface area contributed by atoms with E-state index in [1.165, 1.54) is 18.8 Å². The molecule has 1 saturated carbocycles. The van der Waals surface area contributed by atoms with Gasteiger partial charge < -0.3 is 24.2 Å². The second-order valence-corrected chi connectivity index (χ2v) is 9.39. The highest BCUT2D eigenvalue weighted by Gasteiger charge is 2.33. The number of hydrogen-bond donors (Lipinski definition) is 1. The first-order valence-electron chi connectivity index (χ1n) is 12.5. The molecule has 3 aromatic rings. The molecule has 1 aromatic heterocycles. The lowest BCUT2D eigenvalue weighted by molar-refractivity contribution is -0.0127. The second-order valence-electron chi connectivity index (χ2n) is 9.39. The average molecular weight is 506 g/mol. The summed E-state index contributed by atoms with van der Waals surface area (Å²) < 4.78 is 18.3. The Hall–Kier alpha value is -3.85. The predicted molar refractivity (Wildman–Crippen MR) is 137 cm³/mol. The molecule has 0 spiro atoms. The van der Waals surface area contributed by atoms with Crippen molar-refractivity contribution in [3.63, 3.8) is 0 Å². The minimum Gasteiger partial charge on any atom is -0.494 e. The number of nitrogens with zero attached hydrogens (tertiary/aromatic N) is 3. The van der Waals surface area contributed by atoms with Gasteiger partial charge in [-0.25, -0.2) is 0 Å². The van der Waals surface area contributed by atoms with E-state index in [4.69, 9.17) is 14.2 Å². The highest BCUT2D eigenvalue weighted by atomic mass is 16.5. The number of hydrogen-bond acceptors (Lipinski definition) is 7. The highest BCUT2D eigenvalue weighted by molar-refractivity contribution is 5.96. The summed E-state index contributed by atoms with van der Waals surface area (Å²) in [6.07, 6.45) is 3.80. The van der Waals surface area contributed by atoms with E-state index >= 15 is 0 Å². The molecule has 0 bridgehead atoms. The van der Waals surface area contributed by atoms with Crippen molar-refractivity contribution in [3.05, 3.63) is 75.8 Å². The normalized spacial score (nSPS) is 17.5. The molecule has 1 N–H and O–H groups in total. The van der Waals surface area contributed by atoms with Crippen LogP contribution in [0.15, 0.2) is 53.3 Å². The van der Waals surface area contributed by atoms with Gasteiger partial charge in [0.25, 0.3) is 11.5 Å². The number of likely N-dealkylation sites (tertiary alicyclic amines) is 1. The van der Waals surface area contributed by atoms with Gasteiger partial charge in [-0.15, -0.1) is 0 Å². The van der Waals surface area contributed by atoms with Crippen molar-refractivity contribution in [2.45, 2.75) is 44.3 Å². The molecule has 194 valence electrons. The Morgan fingerprint density at radius 3 is 2.35 bits per heavy atom. The van der Waals surface area contributed by atoms with Crippen molar-refractivity contribution in [2.24, 2.45) is 0 Å². The molecule has 37 heavy (non-hydrogen) atoms. The Kier molecular flexibility index (Phi) is 7.14. The Labute approximate surface area is 215 Å². The minimum atomic E-state index is -0.698. The molecule has 1 aliphatic carbocycles. The second kappa shape index (κ2) is 10.6. The van der Waals surface area contributed by atoms with Crippen LogP contribution in [0.25, 0.3) is 5.69 Å². The van der Waals surface area contributed by atoms with E-state index in [9.17, 15) is 14.7 Å². The standard InChI is InChI=1S/C28H31N3O6/c1-35-21-12-7-13-22(36-2)25(21)31-23(17-37-20-10-6-11-20)29-26(32)24(28(31)34)27(33)30-15-14-19(16-30)18-8-4-3-5-9-18/h3-5,7-9,12-13,19-20,32H,6,10-11,14-17H2,1-2H3. The quantitative estimate of drug-likeness (QED) is 0.498. The zero-order chi connectivity index (χ0) is 25.9. The van der Waals surface area contributed by atoms with Gasteiger partial charge in [-0.1, -0.05) is 36.4 Å². The van der Waals surface area contributed by atoms with Gasteiger partial charge in [0.1, 0.15) is 29.6 Å². The fourth-order valence-corrected chi connectivity index (χ4v) is 4.95. The maximum absolute atomic E-state index is 14.0. The van der Waals surface area contributed by atoms with Crippen molar-refractivity contribution >= 4 is 5.91 Å². The molecule has 1 unspecified atom stereocenters. The first-order chi connectivity index (χ1) is 18.0. The number of rotatable bonds is 8. The van der Waals surface area contributed by atoms with Gasteiger partial charge >= 0.3 is 0 Å². The van der Waals surface area contributed by atoms with Crippen LogP contribution in [0.5, 0.6) is 17.4 Å². The number of para-hydroxylation sites is 1. The van der Waals surface area contributed by atoms with Gasteiger partial charge in [0.05, 0.1) is 20.3 Å². The molecule has 2 heterocycles. The third kappa shape index (κ3) is 4.79. The molecule has 9 heteroatoms. The molecule has 2 fully saturated rings. The van der Waals surface area contributed by atoms with Crippen LogP contribution in [-0.4, -0.2) is 58.9 Å². The topological polar surface area (TPSA) is 103 Å². The SMILES string of the molecule is COc1cccc(OC)c1-n1c(COC2CCC2)nc(O)c(C(=O)N2CCC(c3ccccc3)C2)c1=O. The van der Waals surface area contributed by atoms with E-state index in [-0.39, 0.29) is 30.0 Å².